The fraction of sp³-hybridized carbons (Fsp3) is 0.400. The van der Waals surface area contributed by atoms with Crippen molar-refractivity contribution in [3.05, 3.63) is 65.2 Å². The molecule has 0 aromatic heterocycles. The summed E-state index contributed by atoms with van der Waals surface area (Å²) in [4.78, 5) is 42.2. The Morgan fingerprint density at radius 3 is 2.53 bits per heavy atom. The summed E-state index contributed by atoms with van der Waals surface area (Å²) in [6.45, 7) is 0.233. The topological polar surface area (TPSA) is 79.0 Å². The third kappa shape index (κ3) is 3.72. The van der Waals surface area contributed by atoms with Crippen molar-refractivity contribution in [3.8, 4) is 5.75 Å². The van der Waals surface area contributed by atoms with Crippen molar-refractivity contribution in [2.45, 2.75) is 50.2 Å². The van der Waals surface area contributed by atoms with E-state index in [2.05, 4.69) is 11.4 Å². The van der Waals surface area contributed by atoms with Crippen molar-refractivity contribution < 1.29 is 19.1 Å². The maximum atomic E-state index is 13.3. The summed E-state index contributed by atoms with van der Waals surface area (Å²) in [5.74, 6) is 0.280. The highest BCUT2D eigenvalue weighted by Crippen LogP contribution is 2.34. The van der Waals surface area contributed by atoms with Crippen molar-refractivity contribution in [1.82, 2.24) is 15.1 Å². The van der Waals surface area contributed by atoms with Crippen LogP contribution in [0, 0.1) is 0 Å². The first-order valence-electron chi connectivity index (χ1n) is 11.1. The molecule has 2 aromatic carbocycles. The number of carbonyl (C=O) groups excluding carboxylic acids is 3. The number of benzene rings is 2. The predicted molar refractivity (Wildman–Crippen MR) is 118 cm³/mol. The number of amides is 4. The molecule has 7 nitrogen and oxygen atoms in total. The first-order valence-corrected chi connectivity index (χ1v) is 11.1. The molecule has 2 fully saturated rings. The molecule has 1 heterocycles. The largest absolute Gasteiger partial charge is 0.497 e. The smallest absolute Gasteiger partial charge is 0.325 e. The van der Waals surface area contributed by atoms with E-state index in [4.69, 9.17) is 4.74 Å². The lowest BCUT2D eigenvalue weighted by Crippen LogP contribution is -2.51. The molecule has 2 aromatic rings. The first kappa shape index (κ1) is 20.5. The quantitative estimate of drug-likeness (QED) is 0.711. The zero-order valence-corrected chi connectivity index (χ0v) is 18.2. The summed E-state index contributed by atoms with van der Waals surface area (Å²) in [6, 6.07) is 15.3. The Hall–Kier alpha value is -3.35. The molecule has 1 unspecified atom stereocenters. The number of nitrogens with one attached hydrogen (secondary N) is 1. The van der Waals surface area contributed by atoms with E-state index in [0.29, 0.717) is 19.4 Å². The molecule has 0 radical (unpaired) electrons. The van der Waals surface area contributed by atoms with E-state index in [-0.39, 0.29) is 24.4 Å². The average Bonchev–Trinajstić information content (AvgIpc) is 3.62. The molecule has 0 bridgehead atoms. The fourth-order valence-electron chi connectivity index (χ4n) is 4.81. The molecule has 166 valence electrons. The summed E-state index contributed by atoms with van der Waals surface area (Å²) in [5, 5.41) is 2.91. The lowest BCUT2D eigenvalue weighted by Gasteiger charge is -2.32. The molecule has 4 amide bonds. The Morgan fingerprint density at radius 1 is 1.12 bits per heavy atom. The van der Waals surface area contributed by atoms with Crippen LogP contribution < -0.4 is 10.1 Å². The number of nitrogens with zero attached hydrogens (tertiary/aromatic N) is 2. The number of urea groups is 1. The van der Waals surface area contributed by atoms with Crippen LogP contribution in [0.1, 0.15) is 36.0 Å². The van der Waals surface area contributed by atoms with E-state index in [1.165, 1.54) is 5.56 Å². The van der Waals surface area contributed by atoms with Crippen LogP contribution in [0.5, 0.6) is 5.75 Å². The van der Waals surface area contributed by atoms with E-state index in [0.717, 1.165) is 41.0 Å². The van der Waals surface area contributed by atoms with Crippen LogP contribution in [0.2, 0.25) is 0 Å². The van der Waals surface area contributed by atoms with Crippen molar-refractivity contribution in [3.63, 3.8) is 0 Å². The Kier molecular flexibility index (Phi) is 5.12. The van der Waals surface area contributed by atoms with Gasteiger partial charge >= 0.3 is 6.03 Å². The number of rotatable bonds is 6. The average molecular weight is 434 g/mol. The monoisotopic (exact) mass is 433 g/mol. The van der Waals surface area contributed by atoms with Gasteiger partial charge in [-0.05, 0) is 54.5 Å². The number of aryl methyl sites for hydroxylation is 1. The van der Waals surface area contributed by atoms with Gasteiger partial charge in [-0.25, -0.2) is 4.79 Å². The predicted octanol–water partition coefficient (Wildman–Crippen LogP) is 2.67. The molecule has 1 N–H and O–H groups in total. The molecule has 1 spiro atoms. The van der Waals surface area contributed by atoms with Crippen LogP contribution in [0.15, 0.2) is 48.5 Å². The second kappa shape index (κ2) is 7.97. The van der Waals surface area contributed by atoms with Gasteiger partial charge in [0, 0.05) is 19.0 Å². The van der Waals surface area contributed by atoms with Crippen LogP contribution >= 0.6 is 0 Å². The van der Waals surface area contributed by atoms with Gasteiger partial charge in [0.15, 0.2) is 0 Å². The number of imide groups is 1. The first-order chi connectivity index (χ1) is 15.5. The SMILES string of the molecule is COc1ccc(CN(C(=O)CN2C(=O)NC3(CCc4ccccc4C3)C2=O)C2CC2)cc1. The van der Waals surface area contributed by atoms with Crippen molar-refractivity contribution in [1.29, 1.82) is 0 Å². The maximum absolute atomic E-state index is 13.3. The maximum Gasteiger partial charge on any atom is 0.325 e. The molecule has 1 saturated carbocycles. The number of carbonyl (C=O) groups is 3. The third-order valence-electron chi connectivity index (χ3n) is 6.79. The summed E-state index contributed by atoms with van der Waals surface area (Å²) in [5.41, 5.74) is 2.35. The molecule has 2 aliphatic carbocycles. The molecule has 5 rings (SSSR count). The van der Waals surface area contributed by atoms with Crippen LogP contribution in [0.25, 0.3) is 0 Å². The van der Waals surface area contributed by atoms with Gasteiger partial charge in [0.05, 0.1) is 7.11 Å². The lowest BCUT2D eigenvalue weighted by molar-refractivity contribution is -0.139. The number of methoxy groups -OCH3 is 1. The second-order valence-corrected chi connectivity index (χ2v) is 8.95. The van der Waals surface area contributed by atoms with Gasteiger partial charge < -0.3 is 15.0 Å². The van der Waals surface area contributed by atoms with E-state index >= 15 is 0 Å². The van der Waals surface area contributed by atoms with Crippen LogP contribution in [-0.2, 0) is 29.0 Å². The standard InChI is InChI=1S/C25H27N3O4/c1-32-21-10-6-17(7-11-21)15-27(20-8-9-20)22(29)16-28-23(30)25(26-24(28)31)13-12-18-4-2-3-5-19(18)14-25/h2-7,10-11,20H,8-9,12-16H2,1H3,(H,26,31). The molecule has 1 aliphatic heterocycles. The van der Waals surface area contributed by atoms with E-state index in [1.807, 2.05) is 42.5 Å². The number of hydrogen-bond acceptors (Lipinski definition) is 4. The zero-order chi connectivity index (χ0) is 22.3. The van der Waals surface area contributed by atoms with Crippen LogP contribution in [0.3, 0.4) is 0 Å². The molecule has 7 heteroatoms. The molecule has 1 atom stereocenters. The Labute approximate surface area is 187 Å². The van der Waals surface area contributed by atoms with Gasteiger partial charge in [-0.2, -0.15) is 0 Å². The van der Waals surface area contributed by atoms with Gasteiger partial charge in [0.1, 0.15) is 17.8 Å². The highest BCUT2D eigenvalue weighted by molar-refractivity contribution is 6.09. The van der Waals surface area contributed by atoms with E-state index in [9.17, 15) is 14.4 Å². The summed E-state index contributed by atoms with van der Waals surface area (Å²) in [6.07, 6.45) is 3.65. The summed E-state index contributed by atoms with van der Waals surface area (Å²) in [7, 11) is 1.62. The molecule has 1 saturated heterocycles. The highest BCUT2D eigenvalue weighted by Gasteiger charge is 2.53. The van der Waals surface area contributed by atoms with E-state index in [1.54, 1.807) is 12.0 Å². The van der Waals surface area contributed by atoms with Gasteiger partial charge in [0.2, 0.25) is 5.91 Å². The van der Waals surface area contributed by atoms with Crippen molar-refractivity contribution in [2.24, 2.45) is 0 Å². The van der Waals surface area contributed by atoms with Crippen molar-refractivity contribution >= 4 is 17.8 Å². The number of hydrogen-bond donors (Lipinski definition) is 1. The Balaban J connectivity index is 1.30. The normalized spacial score (nSPS) is 22.0. The minimum atomic E-state index is -0.938. The fourth-order valence-corrected chi connectivity index (χ4v) is 4.81. The van der Waals surface area contributed by atoms with Gasteiger partial charge in [-0.3, -0.25) is 14.5 Å². The summed E-state index contributed by atoms with van der Waals surface area (Å²) < 4.78 is 5.20. The van der Waals surface area contributed by atoms with Crippen molar-refractivity contribution in [2.75, 3.05) is 13.7 Å². The molecule has 32 heavy (non-hydrogen) atoms. The minimum Gasteiger partial charge on any atom is -0.497 e. The highest BCUT2D eigenvalue weighted by atomic mass is 16.5. The minimum absolute atomic E-state index is 0.167. The second-order valence-electron chi connectivity index (χ2n) is 8.95. The van der Waals surface area contributed by atoms with E-state index < -0.39 is 11.6 Å². The van der Waals surface area contributed by atoms with Gasteiger partial charge in [0.25, 0.3) is 5.91 Å². The molecular formula is C25H27N3O4. The number of fused-ring (bicyclic) bond motifs is 1. The van der Waals surface area contributed by atoms with Crippen LogP contribution in [0.4, 0.5) is 4.79 Å². The zero-order valence-electron chi connectivity index (χ0n) is 18.2. The molecular weight excluding hydrogens is 406 g/mol. The molecule has 3 aliphatic rings. The number of ether oxygens (including phenoxy) is 1. The van der Waals surface area contributed by atoms with Crippen LogP contribution in [-0.4, -0.2) is 52.9 Å². The lowest BCUT2D eigenvalue weighted by atomic mass is 9.78. The summed E-state index contributed by atoms with van der Waals surface area (Å²) >= 11 is 0. The van der Waals surface area contributed by atoms with Gasteiger partial charge in [-0.1, -0.05) is 36.4 Å². The van der Waals surface area contributed by atoms with Gasteiger partial charge in [-0.15, -0.1) is 0 Å². The third-order valence-corrected chi connectivity index (χ3v) is 6.79. The Bertz CT molecular complexity index is 1060. The Morgan fingerprint density at radius 2 is 1.84 bits per heavy atom.